The molecule has 0 spiro atoms. The molecular weight excluding hydrogens is 769 g/mol. The Balaban J connectivity index is 1.20. The fourth-order valence-corrected chi connectivity index (χ4v) is 12.5. The molecule has 6 aromatic rings. The maximum absolute atomic E-state index is 15.6. The van der Waals surface area contributed by atoms with Gasteiger partial charge in [0.15, 0.2) is 11.6 Å². The third-order valence-corrected chi connectivity index (χ3v) is 15.5. The Morgan fingerprint density at radius 3 is 1.45 bits per heavy atom. The van der Waals surface area contributed by atoms with Crippen LogP contribution in [0.5, 0.6) is 11.5 Å². The van der Waals surface area contributed by atoms with Crippen molar-refractivity contribution < 1.29 is 19.1 Å². The Bertz CT molecular complexity index is 2630. The zero-order valence-corrected chi connectivity index (χ0v) is 35.5. The predicted octanol–water partition coefficient (Wildman–Crippen LogP) is 9.63. The topological polar surface area (TPSA) is 84.9 Å². The number of piperidine rings is 6. The van der Waals surface area contributed by atoms with Gasteiger partial charge in [0, 0.05) is 82.4 Å². The lowest BCUT2D eigenvalue weighted by Gasteiger charge is -2.52. The number of rotatable bonds is 10. The summed E-state index contributed by atoms with van der Waals surface area (Å²) in [5, 5.41) is 1.98. The molecule has 6 aliphatic heterocycles. The van der Waals surface area contributed by atoms with Gasteiger partial charge in [0.25, 0.3) is 0 Å². The van der Waals surface area contributed by atoms with Crippen LogP contribution in [0.2, 0.25) is 0 Å². The number of pyridine rings is 2. The smallest absolute Gasteiger partial charge is 0.194 e. The van der Waals surface area contributed by atoms with Gasteiger partial charge in [-0.05, 0) is 133 Å². The van der Waals surface area contributed by atoms with Crippen LogP contribution in [0.25, 0.3) is 21.8 Å². The van der Waals surface area contributed by atoms with E-state index in [4.69, 9.17) is 19.4 Å². The van der Waals surface area contributed by atoms with Crippen LogP contribution >= 0.6 is 0 Å². The monoisotopic (exact) mass is 820 g/mol. The van der Waals surface area contributed by atoms with E-state index in [2.05, 4.69) is 71.5 Å². The van der Waals surface area contributed by atoms with E-state index >= 15 is 9.59 Å². The molecule has 7 aliphatic rings. The van der Waals surface area contributed by atoms with Crippen LogP contribution < -0.4 is 9.47 Å². The highest BCUT2D eigenvalue weighted by atomic mass is 16.5. The van der Waals surface area contributed by atoms with Crippen molar-refractivity contribution in [3.8, 4) is 11.5 Å². The summed E-state index contributed by atoms with van der Waals surface area (Å²) in [6.07, 6.45) is 12.2. The van der Waals surface area contributed by atoms with Crippen molar-refractivity contribution in [2.45, 2.75) is 49.6 Å². The number of methoxy groups -OCH3 is 2. The highest BCUT2D eigenvalue weighted by Crippen LogP contribution is 2.51. The molecule has 0 saturated carbocycles. The first-order valence-corrected chi connectivity index (χ1v) is 22.3. The molecule has 2 aromatic heterocycles. The SMILES string of the molecule is C=CC1CN2CCC1CC2[C@H](c1ccc([C@H](c2ccnc3ccc(OC)cc23)C2CC3CCN2CC3C=C)c2c1C(=O)c1ccccc1C2=O)c1ccnc2ccc(OC)cc12. The van der Waals surface area contributed by atoms with Gasteiger partial charge in [-0.25, -0.2) is 0 Å². The largest absolute Gasteiger partial charge is 0.497 e. The molecule has 62 heavy (non-hydrogen) atoms. The lowest BCUT2D eigenvalue weighted by Crippen LogP contribution is -2.55. The van der Waals surface area contributed by atoms with Crippen LogP contribution in [0, 0.1) is 23.7 Å². The Morgan fingerprint density at radius 1 is 0.613 bits per heavy atom. The first-order chi connectivity index (χ1) is 30.4. The van der Waals surface area contributed by atoms with Gasteiger partial charge in [0.1, 0.15) is 11.5 Å². The lowest BCUT2D eigenvalue weighted by molar-refractivity contribution is 0.0116. The summed E-state index contributed by atoms with van der Waals surface area (Å²) in [7, 11) is 3.38. The first kappa shape index (κ1) is 38.9. The summed E-state index contributed by atoms with van der Waals surface area (Å²) in [6.45, 7) is 12.3. The highest BCUT2D eigenvalue weighted by Gasteiger charge is 2.48. The zero-order chi connectivity index (χ0) is 42.2. The molecule has 6 saturated heterocycles. The molecule has 1 aliphatic carbocycles. The number of hydrogen-bond donors (Lipinski definition) is 0. The van der Waals surface area contributed by atoms with Crippen molar-refractivity contribution in [2.75, 3.05) is 40.4 Å². The number of nitrogens with zero attached hydrogens (tertiary/aromatic N) is 4. The van der Waals surface area contributed by atoms with Crippen molar-refractivity contribution in [2.24, 2.45) is 23.7 Å². The van der Waals surface area contributed by atoms with E-state index in [1.165, 1.54) is 0 Å². The number of carbonyl (C=O) groups is 2. The van der Waals surface area contributed by atoms with Crippen LogP contribution in [0.1, 0.15) is 91.6 Å². The highest BCUT2D eigenvalue weighted by molar-refractivity contribution is 6.29. The molecule has 13 rings (SSSR count). The third kappa shape index (κ3) is 6.09. The van der Waals surface area contributed by atoms with Gasteiger partial charge in [0.05, 0.1) is 25.3 Å². The minimum Gasteiger partial charge on any atom is -0.497 e. The van der Waals surface area contributed by atoms with Crippen LogP contribution in [-0.4, -0.2) is 83.8 Å². The van der Waals surface area contributed by atoms with Gasteiger partial charge in [-0.15, -0.1) is 13.2 Å². The van der Waals surface area contributed by atoms with Crippen LogP contribution in [-0.2, 0) is 0 Å². The Kier molecular flexibility index (Phi) is 9.69. The van der Waals surface area contributed by atoms with E-state index in [1.807, 2.05) is 60.9 Å². The first-order valence-electron chi connectivity index (χ1n) is 22.3. The van der Waals surface area contributed by atoms with Crippen molar-refractivity contribution in [1.82, 2.24) is 19.8 Å². The minimum absolute atomic E-state index is 0.0835. The lowest BCUT2D eigenvalue weighted by atomic mass is 9.65. The Morgan fingerprint density at radius 2 is 1.06 bits per heavy atom. The molecule has 0 radical (unpaired) electrons. The molecule has 0 amide bonds. The van der Waals surface area contributed by atoms with Crippen molar-refractivity contribution in [1.29, 1.82) is 0 Å². The van der Waals surface area contributed by atoms with Gasteiger partial charge >= 0.3 is 0 Å². The van der Waals surface area contributed by atoms with Crippen LogP contribution in [0.3, 0.4) is 0 Å². The second-order valence-electron chi connectivity index (χ2n) is 18.2. The fourth-order valence-electron chi connectivity index (χ4n) is 12.5. The van der Waals surface area contributed by atoms with E-state index in [0.717, 1.165) is 107 Å². The van der Waals surface area contributed by atoms with Crippen molar-refractivity contribution >= 4 is 33.4 Å². The standard InChI is InChI=1S/C54H52N4O4/c1-5-31-29-57-23-19-33(31)25-47(57)49(37-17-21-55-45-15-11-35(61-3)27-43(37)45)41-13-14-42(52-51(41)53(59)39-9-7-8-10-40(39)54(52)60)50(48-26-34-20-24-58(48)30-32(34)6-2)38-18-22-56-46-16-12-36(62-4)28-44(38)46/h5-18,21-22,27-28,31-34,47-50H,1-2,19-20,23-26,29-30H2,3-4H3/t31?,32?,33?,34?,47?,48?,49-,50-/m0/s1. The number of benzene rings is 4. The molecule has 8 nitrogen and oxygen atoms in total. The maximum Gasteiger partial charge on any atom is 0.194 e. The summed E-state index contributed by atoms with van der Waals surface area (Å²) in [6, 6.07) is 28.4. The average molecular weight is 821 g/mol. The van der Waals surface area contributed by atoms with E-state index in [0.29, 0.717) is 45.9 Å². The summed E-state index contributed by atoms with van der Waals surface area (Å²) >= 11 is 0. The number of hydrogen-bond acceptors (Lipinski definition) is 8. The quantitative estimate of drug-likeness (QED) is 0.126. The van der Waals surface area contributed by atoms with Crippen molar-refractivity contribution in [3.63, 3.8) is 0 Å². The molecule has 8 heterocycles. The molecule has 6 fully saturated rings. The Hall–Kier alpha value is -5.96. The average Bonchev–Trinajstić information content (AvgIpc) is 3.33. The number of ketones is 2. The third-order valence-electron chi connectivity index (χ3n) is 15.5. The molecule has 10 atom stereocenters. The van der Waals surface area contributed by atoms with Crippen LogP contribution in [0.4, 0.5) is 0 Å². The van der Waals surface area contributed by atoms with Gasteiger partial charge in [0.2, 0.25) is 0 Å². The second-order valence-corrected chi connectivity index (χ2v) is 18.2. The summed E-state index contributed by atoms with van der Waals surface area (Å²) in [5.74, 6) is 2.63. The molecule has 4 aromatic carbocycles. The second kappa shape index (κ2) is 15.4. The number of ether oxygens (including phenoxy) is 2. The van der Waals surface area contributed by atoms with Gasteiger partial charge in [-0.2, -0.15) is 0 Å². The minimum atomic E-state index is -0.238. The van der Waals surface area contributed by atoms with Gasteiger partial charge in [-0.1, -0.05) is 48.6 Å². The number of carbonyl (C=O) groups excluding carboxylic acids is 2. The fraction of sp³-hybridized carbons (Fsp3) is 0.333. The molecule has 8 unspecified atom stereocenters. The zero-order valence-electron chi connectivity index (χ0n) is 35.5. The van der Waals surface area contributed by atoms with Gasteiger partial charge in [-0.3, -0.25) is 29.4 Å². The molecule has 8 heteroatoms. The number of aromatic nitrogens is 2. The van der Waals surface area contributed by atoms with E-state index in [-0.39, 0.29) is 35.5 Å². The Labute approximate surface area is 363 Å². The number of fused-ring (bicyclic) bond motifs is 10. The summed E-state index contributed by atoms with van der Waals surface area (Å²) in [5.41, 5.74) is 7.71. The van der Waals surface area contributed by atoms with Crippen LogP contribution in [0.15, 0.2) is 123 Å². The maximum atomic E-state index is 15.6. The van der Waals surface area contributed by atoms with E-state index < -0.39 is 0 Å². The summed E-state index contributed by atoms with van der Waals surface area (Å²) < 4.78 is 11.6. The van der Waals surface area contributed by atoms with E-state index in [9.17, 15) is 0 Å². The summed E-state index contributed by atoms with van der Waals surface area (Å²) in [4.78, 5) is 46.2. The molecular formula is C54H52N4O4. The van der Waals surface area contributed by atoms with E-state index in [1.54, 1.807) is 14.2 Å². The van der Waals surface area contributed by atoms with Crippen molar-refractivity contribution in [3.05, 3.63) is 167 Å². The molecule has 312 valence electrons. The van der Waals surface area contributed by atoms with Gasteiger partial charge < -0.3 is 9.47 Å². The molecule has 0 N–H and O–H groups in total. The molecule has 4 bridgehead atoms. The predicted molar refractivity (Wildman–Crippen MR) is 244 cm³/mol. The normalized spacial score (nSPS) is 27.1.